The van der Waals surface area contributed by atoms with E-state index in [4.69, 9.17) is 9.52 Å². The Morgan fingerprint density at radius 2 is 1.70 bits per heavy atom. The molecule has 0 spiro atoms. The van der Waals surface area contributed by atoms with Crippen molar-refractivity contribution >= 4 is 17.6 Å². The fourth-order valence-corrected chi connectivity index (χ4v) is 1.87. The highest BCUT2D eigenvalue weighted by atomic mass is 16.4. The van der Waals surface area contributed by atoms with Crippen LogP contribution in [0.15, 0.2) is 40.8 Å². The van der Waals surface area contributed by atoms with E-state index in [-0.39, 0.29) is 17.4 Å². The Morgan fingerprint density at radius 1 is 1.10 bits per heavy atom. The predicted molar refractivity (Wildman–Crippen MR) is 74.2 cm³/mol. The van der Waals surface area contributed by atoms with E-state index in [1.165, 1.54) is 17.0 Å². The van der Waals surface area contributed by atoms with Crippen LogP contribution in [0, 0.1) is 6.92 Å². The van der Waals surface area contributed by atoms with Crippen LogP contribution in [0.25, 0.3) is 0 Å². The highest BCUT2D eigenvalue weighted by Gasteiger charge is 2.21. The standard InChI is InChI=1S/C15H15NO4/c1-3-16(11-6-4-10(2)5-7-11)14(17)12-8-9-13(20-12)15(18)19/h4-9H,3H2,1-2H3,(H,18,19). The van der Waals surface area contributed by atoms with Crippen molar-refractivity contribution in [3.05, 3.63) is 53.5 Å². The van der Waals surface area contributed by atoms with Gasteiger partial charge in [0.2, 0.25) is 5.76 Å². The number of hydrogen-bond acceptors (Lipinski definition) is 3. The summed E-state index contributed by atoms with van der Waals surface area (Å²) in [5.41, 5.74) is 1.85. The van der Waals surface area contributed by atoms with E-state index >= 15 is 0 Å². The number of carboxylic acids is 1. The third-order valence-corrected chi connectivity index (χ3v) is 2.93. The summed E-state index contributed by atoms with van der Waals surface area (Å²) in [6.07, 6.45) is 0. The summed E-state index contributed by atoms with van der Waals surface area (Å²) >= 11 is 0. The van der Waals surface area contributed by atoms with Crippen molar-refractivity contribution in [2.75, 3.05) is 11.4 Å². The van der Waals surface area contributed by atoms with Gasteiger partial charge in [-0.05, 0) is 38.1 Å². The maximum atomic E-state index is 12.3. The Morgan fingerprint density at radius 3 is 2.20 bits per heavy atom. The lowest BCUT2D eigenvalue weighted by molar-refractivity contribution is 0.0660. The predicted octanol–water partition coefficient (Wildman–Crippen LogP) is 2.95. The van der Waals surface area contributed by atoms with E-state index < -0.39 is 5.97 Å². The molecule has 1 N–H and O–H groups in total. The molecule has 0 unspecified atom stereocenters. The summed E-state index contributed by atoms with van der Waals surface area (Å²) in [5.74, 6) is -1.77. The van der Waals surface area contributed by atoms with Crippen LogP contribution in [0.3, 0.4) is 0 Å². The van der Waals surface area contributed by atoms with Crippen molar-refractivity contribution in [3.8, 4) is 0 Å². The lowest BCUT2D eigenvalue weighted by Crippen LogP contribution is -2.30. The molecule has 0 radical (unpaired) electrons. The maximum Gasteiger partial charge on any atom is 0.371 e. The van der Waals surface area contributed by atoms with Crippen molar-refractivity contribution < 1.29 is 19.1 Å². The smallest absolute Gasteiger partial charge is 0.371 e. The summed E-state index contributed by atoms with van der Waals surface area (Å²) < 4.78 is 5.04. The van der Waals surface area contributed by atoms with Crippen LogP contribution in [0.2, 0.25) is 0 Å². The maximum absolute atomic E-state index is 12.3. The quantitative estimate of drug-likeness (QED) is 0.929. The fourth-order valence-electron chi connectivity index (χ4n) is 1.87. The van der Waals surface area contributed by atoms with Crippen LogP contribution >= 0.6 is 0 Å². The first-order valence-electron chi connectivity index (χ1n) is 6.24. The minimum Gasteiger partial charge on any atom is -0.475 e. The second-order valence-electron chi connectivity index (χ2n) is 4.35. The van der Waals surface area contributed by atoms with E-state index in [9.17, 15) is 9.59 Å². The number of anilines is 1. The molecule has 1 amide bonds. The molecule has 0 saturated carbocycles. The van der Waals surface area contributed by atoms with Gasteiger partial charge < -0.3 is 14.4 Å². The van der Waals surface area contributed by atoms with Crippen molar-refractivity contribution in [2.45, 2.75) is 13.8 Å². The zero-order chi connectivity index (χ0) is 14.7. The molecular weight excluding hydrogens is 258 g/mol. The second kappa shape index (κ2) is 5.61. The Hall–Kier alpha value is -2.56. The molecule has 2 aromatic rings. The van der Waals surface area contributed by atoms with Crippen LogP contribution in [-0.2, 0) is 0 Å². The van der Waals surface area contributed by atoms with Gasteiger partial charge in [0.05, 0.1) is 0 Å². The van der Waals surface area contributed by atoms with Gasteiger partial charge in [0.25, 0.3) is 5.91 Å². The molecule has 0 fully saturated rings. The normalized spacial score (nSPS) is 10.3. The summed E-state index contributed by atoms with van der Waals surface area (Å²) in [4.78, 5) is 24.6. The number of carbonyl (C=O) groups is 2. The molecule has 0 bridgehead atoms. The third-order valence-electron chi connectivity index (χ3n) is 2.93. The van der Waals surface area contributed by atoms with Gasteiger partial charge in [-0.2, -0.15) is 0 Å². The molecular formula is C15H15NO4. The SMILES string of the molecule is CCN(C(=O)c1ccc(C(=O)O)o1)c1ccc(C)cc1. The lowest BCUT2D eigenvalue weighted by Gasteiger charge is -2.19. The molecule has 20 heavy (non-hydrogen) atoms. The molecule has 0 aliphatic heterocycles. The zero-order valence-electron chi connectivity index (χ0n) is 11.3. The number of hydrogen-bond donors (Lipinski definition) is 1. The number of carbonyl (C=O) groups excluding carboxylic acids is 1. The molecule has 0 aliphatic rings. The van der Waals surface area contributed by atoms with Gasteiger partial charge in [0, 0.05) is 12.2 Å². The second-order valence-corrected chi connectivity index (χ2v) is 4.35. The highest BCUT2D eigenvalue weighted by molar-refractivity contribution is 6.04. The topological polar surface area (TPSA) is 70.8 Å². The third kappa shape index (κ3) is 2.71. The number of benzene rings is 1. The van der Waals surface area contributed by atoms with Crippen molar-refractivity contribution in [2.24, 2.45) is 0 Å². The average molecular weight is 273 g/mol. The minimum absolute atomic E-state index is 0.0184. The van der Waals surface area contributed by atoms with E-state index in [1.54, 1.807) is 0 Å². The Balaban J connectivity index is 2.28. The van der Waals surface area contributed by atoms with Crippen molar-refractivity contribution in [3.63, 3.8) is 0 Å². The first-order valence-corrected chi connectivity index (χ1v) is 6.24. The number of aromatic carboxylic acids is 1. The van der Waals surface area contributed by atoms with Gasteiger partial charge in [-0.1, -0.05) is 17.7 Å². The summed E-state index contributed by atoms with van der Waals surface area (Å²) in [5, 5.41) is 8.80. The number of aryl methyl sites for hydroxylation is 1. The van der Waals surface area contributed by atoms with E-state index in [0.717, 1.165) is 11.3 Å². The minimum atomic E-state index is -1.19. The van der Waals surface area contributed by atoms with E-state index in [2.05, 4.69) is 0 Å². The molecule has 1 aromatic heterocycles. The molecule has 2 rings (SSSR count). The summed E-state index contributed by atoms with van der Waals surface area (Å²) in [6.45, 7) is 4.28. The van der Waals surface area contributed by atoms with Gasteiger partial charge in [-0.25, -0.2) is 4.79 Å². The number of amides is 1. The van der Waals surface area contributed by atoms with Gasteiger partial charge in [-0.3, -0.25) is 4.79 Å². The molecule has 0 aliphatic carbocycles. The Kier molecular flexibility index (Phi) is 3.89. The van der Waals surface area contributed by atoms with Gasteiger partial charge >= 0.3 is 5.97 Å². The molecule has 104 valence electrons. The van der Waals surface area contributed by atoms with Crippen LogP contribution in [0.5, 0.6) is 0 Å². The van der Waals surface area contributed by atoms with Gasteiger partial charge in [0.15, 0.2) is 5.76 Å². The molecule has 5 heteroatoms. The Bertz CT molecular complexity index is 628. The van der Waals surface area contributed by atoms with Crippen LogP contribution in [-0.4, -0.2) is 23.5 Å². The summed E-state index contributed by atoms with van der Waals surface area (Å²) in [6, 6.07) is 10.2. The average Bonchev–Trinajstić information content (AvgIpc) is 2.91. The number of nitrogens with zero attached hydrogens (tertiary/aromatic N) is 1. The van der Waals surface area contributed by atoms with E-state index in [0.29, 0.717) is 6.54 Å². The molecule has 0 saturated heterocycles. The van der Waals surface area contributed by atoms with Crippen LogP contribution in [0.4, 0.5) is 5.69 Å². The van der Waals surface area contributed by atoms with Crippen molar-refractivity contribution in [1.29, 1.82) is 0 Å². The van der Waals surface area contributed by atoms with Crippen molar-refractivity contribution in [1.82, 2.24) is 0 Å². The lowest BCUT2D eigenvalue weighted by atomic mass is 10.2. The largest absolute Gasteiger partial charge is 0.475 e. The molecule has 5 nitrogen and oxygen atoms in total. The van der Waals surface area contributed by atoms with E-state index in [1.807, 2.05) is 38.1 Å². The van der Waals surface area contributed by atoms with Crippen LogP contribution < -0.4 is 4.90 Å². The number of furan rings is 1. The first kappa shape index (κ1) is 13.9. The molecule has 1 heterocycles. The first-order chi connectivity index (χ1) is 9.52. The van der Waals surface area contributed by atoms with Crippen LogP contribution in [0.1, 0.15) is 33.6 Å². The fraction of sp³-hybridized carbons (Fsp3) is 0.200. The molecule has 1 aromatic carbocycles. The molecule has 0 atom stereocenters. The monoisotopic (exact) mass is 273 g/mol. The zero-order valence-corrected chi connectivity index (χ0v) is 11.3. The highest BCUT2D eigenvalue weighted by Crippen LogP contribution is 2.19. The number of rotatable bonds is 4. The van der Waals surface area contributed by atoms with Gasteiger partial charge in [-0.15, -0.1) is 0 Å². The van der Waals surface area contributed by atoms with Gasteiger partial charge in [0.1, 0.15) is 0 Å². The number of carboxylic acid groups (broad SMARTS) is 1. The Labute approximate surface area is 116 Å². The summed E-state index contributed by atoms with van der Waals surface area (Å²) in [7, 11) is 0.